The number of aliphatic hydroxyl groups excluding tert-OH is 1. The number of aromatic nitrogens is 5. The van der Waals surface area contributed by atoms with Gasteiger partial charge in [-0.1, -0.05) is 47.4 Å². The lowest BCUT2D eigenvalue weighted by atomic mass is 10.2. The quantitative estimate of drug-likeness (QED) is 0.261. The van der Waals surface area contributed by atoms with Crippen molar-refractivity contribution in [2.45, 2.75) is 5.16 Å². The number of allylic oxidation sites excluding steroid dienone is 1. The van der Waals surface area contributed by atoms with E-state index < -0.39 is 0 Å². The van der Waals surface area contributed by atoms with E-state index >= 15 is 0 Å². The molecule has 28 heavy (non-hydrogen) atoms. The minimum absolute atomic E-state index is 0.0529. The summed E-state index contributed by atoms with van der Waals surface area (Å²) in [6, 6.07) is 17.5. The van der Waals surface area contributed by atoms with Crippen LogP contribution in [0.3, 0.4) is 0 Å². The number of thioether (sulfide) groups is 1. The number of para-hydroxylation sites is 3. The second-order valence-electron chi connectivity index (χ2n) is 6.00. The highest BCUT2D eigenvalue weighted by Gasteiger charge is 2.16. The van der Waals surface area contributed by atoms with Crippen molar-refractivity contribution < 1.29 is 5.11 Å². The monoisotopic (exact) mass is 404 g/mol. The third-order valence-corrected chi connectivity index (χ3v) is 6.23. The topological polar surface area (TPSA) is 103 Å². The minimum Gasteiger partial charge on any atom is -0.510 e. The number of fused-ring (bicyclic) bond motifs is 4. The molecule has 3 heterocycles. The number of rotatable bonds is 4. The second kappa shape index (κ2) is 6.67. The third kappa shape index (κ3) is 2.70. The average molecular weight is 404 g/mol. The van der Waals surface area contributed by atoms with E-state index in [0.29, 0.717) is 11.0 Å². The summed E-state index contributed by atoms with van der Waals surface area (Å²) in [5.41, 5.74) is 2.71. The van der Waals surface area contributed by atoms with E-state index in [1.54, 1.807) is 11.3 Å². The Hall–Kier alpha value is -3.35. The lowest BCUT2D eigenvalue weighted by Crippen LogP contribution is -1.96. The Labute approximate surface area is 167 Å². The first-order valence-corrected chi connectivity index (χ1v) is 10.2. The van der Waals surface area contributed by atoms with E-state index in [1.165, 1.54) is 11.8 Å². The van der Waals surface area contributed by atoms with Gasteiger partial charge in [0.1, 0.15) is 17.4 Å². The van der Waals surface area contributed by atoms with Crippen LogP contribution in [0.1, 0.15) is 5.82 Å². The predicted octanol–water partition coefficient (Wildman–Crippen LogP) is 4.41. The highest BCUT2D eigenvalue weighted by molar-refractivity contribution is 7.99. The second-order valence-corrected chi connectivity index (χ2v) is 7.95. The maximum atomic E-state index is 10.5. The summed E-state index contributed by atoms with van der Waals surface area (Å²) in [5, 5.41) is 29.2. The number of nitrogens with one attached hydrogen (secondary N) is 1. The zero-order chi connectivity index (χ0) is 19.1. The summed E-state index contributed by atoms with van der Waals surface area (Å²) >= 11 is 2.89. The fraction of sp³-hybridized carbons (Fsp3) is 0.0526. The van der Waals surface area contributed by atoms with E-state index in [9.17, 15) is 10.4 Å². The van der Waals surface area contributed by atoms with Crippen molar-refractivity contribution >= 4 is 54.9 Å². The Morgan fingerprint density at radius 2 is 2.00 bits per heavy atom. The smallest absolute Gasteiger partial charge is 0.217 e. The molecule has 0 aliphatic heterocycles. The number of nitriles is 1. The standard InChI is InChI=1S/C19H12N6OS2/c20-9-11(17-21-12-5-1-2-6-13(12)22-17)15(26)10-27-18-23-24-19-25(18)14-7-3-4-8-16(14)28-19/h1-8,26H,10H2,(H,21,22). The Morgan fingerprint density at radius 3 is 2.86 bits per heavy atom. The van der Waals surface area contributed by atoms with Gasteiger partial charge in [0.25, 0.3) is 0 Å². The summed E-state index contributed by atoms with van der Waals surface area (Å²) in [6.45, 7) is 0. The zero-order valence-corrected chi connectivity index (χ0v) is 16.0. The maximum Gasteiger partial charge on any atom is 0.217 e. The molecule has 2 N–H and O–H groups in total. The van der Waals surface area contributed by atoms with Crippen LogP contribution in [0.5, 0.6) is 0 Å². The molecule has 0 aliphatic carbocycles. The van der Waals surface area contributed by atoms with Crippen LogP contribution in [0, 0.1) is 11.3 Å². The SMILES string of the molecule is N#CC(=C(O)CSc1nnc2sc3ccccc3n12)c1nc2ccccc2[nH]1. The van der Waals surface area contributed by atoms with Crippen LogP contribution in [-0.2, 0) is 0 Å². The first-order valence-electron chi connectivity index (χ1n) is 8.37. The number of nitrogens with zero attached hydrogens (tertiary/aromatic N) is 5. The summed E-state index contributed by atoms with van der Waals surface area (Å²) in [5.74, 6) is 0.488. The van der Waals surface area contributed by atoms with Crippen LogP contribution >= 0.6 is 23.1 Å². The van der Waals surface area contributed by atoms with Gasteiger partial charge < -0.3 is 10.1 Å². The highest BCUT2D eigenvalue weighted by Crippen LogP contribution is 2.30. The van der Waals surface area contributed by atoms with Gasteiger partial charge in [0.15, 0.2) is 11.0 Å². The van der Waals surface area contributed by atoms with Gasteiger partial charge in [-0.2, -0.15) is 5.26 Å². The predicted molar refractivity (Wildman–Crippen MR) is 110 cm³/mol. The van der Waals surface area contributed by atoms with Gasteiger partial charge in [-0.15, -0.1) is 10.2 Å². The molecule has 0 aliphatic rings. The molecule has 0 amide bonds. The van der Waals surface area contributed by atoms with Crippen molar-refractivity contribution in [1.29, 1.82) is 5.26 Å². The number of hydrogen-bond donors (Lipinski definition) is 2. The molecule has 9 heteroatoms. The minimum atomic E-state index is -0.0529. The summed E-state index contributed by atoms with van der Waals surface area (Å²) < 4.78 is 3.08. The number of imidazole rings is 1. The molecule has 5 rings (SSSR count). The van der Waals surface area contributed by atoms with Crippen molar-refractivity contribution in [3.05, 3.63) is 60.1 Å². The molecule has 3 aromatic heterocycles. The Kier molecular flexibility index (Phi) is 4.00. The molecule has 136 valence electrons. The molecule has 0 saturated heterocycles. The van der Waals surface area contributed by atoms with Gasteiger partial charge >= 0.3 is 0 Å². The van der Waals surface area contributed by atoms with Crippen LogP contribution in [0.2, 0.25) is 0 Å². The van der Waals surface area contributed by atoms with Gasteiger partial charge in [0.05, 0.1) is 27.0 Å². The maximum absolute atomic E-state index is 10.5. The molecular weight excluding hydrogens is 392 g/mol. The molecule has 0 radical (unpaired) electrons. The van der Waals surface area contributed by atoms with Gasteiger partial charge in [0.2, 0.25) is 4.96 Å². The molecule has 0 spiro atoms. The summed E-state index contributed by atoms with van der Waals surface area (Å²) in [4.78, 5) is 8.27. The molecule has 5 aromatic rings. The Morgan fingerprint density at radius 1 is 1.18 bits per heavy atom. The molecule has 0 fully saturated rings. The van der Waals surface area contributed by atoms with Crippen LogP contribution in [0.25, 0.3) is 31.8 Å². The van der Waals surface area contributed by atoms with Crippen molar-refractivity contribution in [1.82, 2.24) is 24.6 Å². The number of H-pyrrole nitrogens is 1. The van der Waals surface area contributed by atoms with Gasteiger partial charge in [-0.25, -0.2) is 4.98 Å². The van der Waals surface area contributed by atoms with Crippen molar-refractivity contribution in [3.63, 3.8) is 0 Å². The molecule has 7 nitrogen and oxygen atoms in total. The molecular formula is C19H12N6OS2. The summed E-state index contributed by atoms with van der Waals surface area (Å²) in [6.07, 6.45) is 0. The van der Waals surface area contributed by atoms with Gasteiger partial charge in [0, 0.05) is 0 Å². The number of aliphatic hydroxyl groups is 1. The fourth-order valence-corrected chi connectivity index (χ4v) is 4.82. The molecule has 0 atom stereocenters. The van der Waals surface area contributed by atoms with Gasteiger partial charge in [-0.3, -0.25) is 4.40 Å². The zero-order valence-electron chi connectivity index (χ0n) is 14.3. The number of benzene rings is 2. The molecule has 0 bridgehead atoms. The van der Waals surface area contributed by atoms with E-state index in [-0.39, 0.29) is 17.1 Å². The number of thiazole rings is 1. The number of hydrogen-bond acceptors (Lipinski definition) is 7. The highest BCUT2D eigenvalue weighted by atomic mass is 32.2. The molecule has 2 aromatic carbocycles. The third-order valence-electron chi connectivity index (χ3n) is 4.28. The van der Waals surface area contributed by atoms with Crippen LogP contribution < -0.4 is 0 Å². The van der Waals surface area contributed by atoms with Crippen molar-refractivity contribution in [2.24, 2.45) is 0 Å². The Balaban J connectivity index is 1.48. The largest absolute Gasteiger partial charge is 0.510 e. The normalized spacial score (nSPS) is 12.5. The molecule has 0 saturated carbocycles. The lowest BCUT2D eigenvalue weighted by Gasteiger charge is -2.02. The number of aromatic amines is 1. The van der Waals surface area contributed by atoms with Gasteiger partial charge in [-0.05, 0) is 24.3 Å². The molecule has 0 unspecified atom stereocenters. The van der Waals surface area contributed by atoms with E-state index in [2.05, 4.69) is 26.2 Å². The van der Waals surface area contributed by atoms with E-state index in [0.717, 1.165) is 26.2 Å². The van der Waals surface area contributed by atoms with E-state index in [4.69, 9.17) is 0 Å². The van der Waals surface area contributed by atoms with Crippen molar-refractivity contribution in [3.8, 4) is 6.07 Å². The van der Waals surface area contributed by atoms with Crippen molar-refractivity contribution in [2.75, 3.05) is 5.75 Å². The van der Waals surface area contributed by atoms with Crippen LogP contribution in [0.4, 0.5) is 0 Å². The first-order chi connectivity index (χ1) is 13.7. The van der Waals surface area contributed by atoms with Crippen LogP contribution in [0.15, 0.2) is 59.4 Å². The fourth-order valence-electron chi connectivity index (χ4n) is 2.98. The van der Waals surface area contributed by atoms with Crippen LogP contribution in [-0.4, -0.2) is 35.4 Å². The Bertz CT molecular complexity index is 1370. The first kappa shape index (κ1) is 16.8. The van der Waals surface area contributed by atoms with E-state index in [1.807, 2.05) is 52.9 Å². The lowest BCUT2D eigenvalue weighted by molar-refractivity contribution is 0.420. The summed E-state index contributed by atoms with van der Waals surface area (Å²) in [7, 11) is 0. The average Bonchev–Trinajstić information content (AvgIpc) is 3.40.